The van der Waals surface area contributed by atoms with Crippen LogP contribution in [0, 0.1) is 5.92 Å². The molecule has 0 aliphatic heterocycles. The molecule has 6 heteroatoms. The summed E-state index contributed by atoms with van der Waals surface area (Å²) < 4.78 is 20.9. The van der Waals surface area contributed by atoms with Gasteiger partial charge in [-0.05, 0) is 99.1 Å². The van der Waals surface area contributed by atoms with Gasteiger partial charge in [0.15, 0.2) is 0 Å². The molecule has 2 N–H and O–H groups in total. The summed E-state index contributed by atoms with van der Waals surface area (Å²) in [5.41, 5.74) is 0. The number of nitrogens with zero attached hydrogens (tertiary/aromatic N) is 2. The largest absolute Gasteiger partial charge is 0.320 e. The summed E-state index contributed by atoms with van der Waals surface area (Å²) in [6.45, 7) is 19.6. The molecule has 0 aromatic carbocycles. The fourth-order valence-corrected chi connectivity index (χ4v) is 1.82. The molecule has 35 heavy (non-hydrogen) atoms. The maximum Gasteiger partial charge on any atom is 0.0922 e. The van der Waals surface area contributed by atoms with E-state index in [0.717, 1.165) is 45.6 Å². The second-order valence-electron chi connectivity index (χ2n) is 7.30. The van der Waals surface area contributed by atoms with Gasteiger partial charge in [-0.1, -0.05) is 85.1 Å². The molecule has 0 aromatic rings. The van der Waals surface area contributed by atoms with Gasteiger partial charge in [-0.3, -0.25) is 8.78 Å². The molecule has 0 aromatic heterocycles. The Labute approximate surface area is 227 Å². The van der Waals surface area contributed by atoms with Gasteiger partial charge in [0.1, 0.15) is 0 Å². The van der Waals surface area contributed by atoms with E-state index in [2.05, 4.69) is 83.1 Å². The molecule has 0 saturated heterocycles. The first kappa shape index (κ1) is 64.6. The van der Waals surface area contributed by atoms with Gasteiger partial charge < -0.3 is 20.4 Å². The Bertz CT molecular complexity index is 208. The van der Waals surface area contributed by atoms with Crippen molar-refractivity contribution < 1.29 is 8.78 Å². The second kappa shape index (κ2) is 69.9. The Hall–Kier alpha value is -0.300. The number of hydrogen-bond acceptors (Lipinski definition) is 4. The van der Waals surface area contributed by atoms with Crippen LogP contribution in [0.5, 0.6) is 0 Å². The maximum absolute atomic E-state index is 11.4. The van der Waals surface area contributed by atoms with E-state index in [4.69, 9.17) is 0 Å². The quantitative estimate of drug-likeness (QED) is 0.317. The zero-order valence-electron chi connectivity index (χ0n) is 22.7. The minimum atomic E-state index is -0.0833. The van der Waals surface area contributed by atoms with Crippen LogP contribution in [0.4, 0.5) is 8.78 Å². The van der Waals surface area contributed by atoms with Crippen LogP contribution in [0.1, 0.15) is 111 Å². The van der Waals surface area contributed by atoms with Crippen molar-refractivity contribution >= 4 is 0 Å². The molecule has 0 spiro atoms. The van der Waals surface area contributed by atoms with Gasteiger partial charge in [0.25, 0.3) is 0 Å². The first-order chi connectivity index (χ1) is 14.3. The zero-order valence-corrected chi connectivity index (χ0v) is 22.7. The highest BCUT2D eigenvalue weighted by molar-refractivity contribution is 4.67. The molecule has 0 bridgehead atoms. The Morgan fingerprint density at radius 2 is 1.14 bits per heavy atom. The smallest absolute Gasteiger partial charge is 0.0922 e. The molecule has 0 radical (unpaired) electrons. The van der Waals surface area contributed by atoms with Crippen molar-refractivity contribution in [3.63, 3.8) is 0 Å². The van der Waals surface area contributed by atoms with Crippen molar-refractivity contribution in [2.24, 2.45) is 5.92 Å². The second-order valence-corrected chi connectivity index (χ2v) is 7.30. The van der Waals surface area contributed by atoms with Crippen LogP contribution in [-0.2, 0) is 0 Å². The van der Waals surface area contributed by atoms with E-state index >= 15 is 0 Å². The van der Waals surface area contributed by atoms with Gasteiger partial charge in [-0.15, -0.1) is 0 Å². The Balaban J connectivity index is -0.0000000265. The van der Waals surface area contributed by atoms with Crippen molar-refractivity contribution in [1.29, 1.82) is 0 Å². The molecule has 0 amide bonds. The van der Waals surface area contributed by atoms with Crippen molar-refractivity contribution in [1.82, 2.24) is 20.4 Å². The lowest BCUT2D eigenvalue weighted by atomic mass is 9.87. The van der Waals surface area contributed by atoms with Gasteiger partial charge in [0.05, 0.1) is 13.9 Å². The first-order valence-electron chi connectivity index (χ1n) is 12.0. The Morgan fingerprint density at radius 3 is 1.14 bits per heavy atom. The lowest BCUT2D eigenvalue weighted by Crippen LogP contribution is -2.15. The van der Waals surface area contributed by atoms with Crippen molar-refractivity contribution in [2.75, 3.05) is 81.3 Å². The van der Waals surface area contributed by atoms with Crippen LogP contribution >= 0.6 is 0 Å². The van der Waals surface area contributed by atoms with Crippen molar-refractivity contribution in [2.45, 2.75) is 111 Å². The van der Waals surface area contributed by atoms with Crippen molar-refractivity contribution in [3.05, 3.63) is 0 Å². The van der Waals surface area contributed by atoms with Gasteiger partial charge in [-0.2, -0.15) is 0 Å². The fraction of sp³-hybridized carbons (Fsp3) is 1.00. The zero-order chi connectivity index (χ0) is 24.6. The highest BCUT2D eigenvalue weighted by atomic mass is 19.1. The van der Waals surface area contributed by atoms with E-state index in [1.165, 1.54) is 25.8 Å². The number of alkyl halides is 2. The van der Waals surface area contributed by atoms with E-state index in [1.54, 1.807) is 0 Å². The molecule has 1 aliphatic rings. The molecule has 4 nitrogen and oxygen atoms in total. The first-order valence-corrected chi connectivity index (χ1v) is 12.0. The predicted molar refractivity (Wildman–Crippen MR) is 170 cm³/mol. The monoisotopic (exact) mass is 523 g/mol. The predicted octanol–water partition coefficient (Wildman–Crippen LogP) is 8.67. The lowest BCUT2D eigenvalue weighted by Gasteiger charge is -2.20. The average Bonchev–Trinajstić information content (AvgIpc) is 2.71. The Morgan fingerprint density at radius 1 is 0.743 bits per heavy atom. The molecule has 1 fully saturated rings. The van der Waals surface area contributed by atoms with Gasteiger partial charge >= 0.3 is 0 Å². The molecule has 0 heterocycles. The van der Waals surface area contributed by atoms with Gasteiger partial charge in [0.2, 0.25) is 0 Å². The summed E-state index contributed by atoms with van der Waals surface area (Å²) in [6.07, 6.45) is 6.02. The van der Waals surface area contributed by atoms with Crippen LogP contribution in [0.15, 0.2) is 0 Å². The molecule has 230 valence electrons. The maximum atomic E-state index is 11.4. The van der Waals surface area contributed by atoms with Gasteiger partial charge in [-0.25, -0.2) is 0 Å². The van der Waals surface area contributed by atoms with E-state index < -0.39 is 0 Å². The molecular formula is C29H80F2N4. The lowest BCUT2D eigenvalue weighted by molar-refractivity contribution is 0.243. The summed E-state index contributed by atoms with van der Waals surface area (Å²) in [4.78, 5) is 4.43. The topological polar surface area (TPSA) is 30.5 Å². The minimum absolute atomic E-state index is 0. The fourth-order valence-electron chi connectivity index (χ4n) is 1.82. The SMILES string of the molecule is C.C.C.C.C.CCCN(C)C.CCCNC.CCN(C)CC.CCNCC.CF.FCC1CCC1. The van der Waals surface area contributed by atoms with Crippen LogP contribution in [0.3, 0.4) is 0 Å². The molecule has 0 atom stereocenters. The normalized spacial score (nSPS) is 10.0. The van der Waals surface area contributed by atoms with Crippen LogP contribution < -0.4 is 10.6 Å². The third-order valence-corrected chi connectivity index (χ3v) is 4.19. The van der Waals surface area contributed by atoms with E-state index in [-0.39, 0.29) is 43.8 Å². The van der Waals surface area contributed by atoms with E-state index in [1.807, 2.05) is 7.05 Å². The number of halogens is 2. The summed E-state index contributed by atoms with van der Waals surface area (Å²) in [6, 6.07) is 0. The van der Waals surface area contributed by atoms with Crippen molar-refractivity contribution in [3.8, 4) is 0 Å². The highest BCUT2D eigenvalue weighted by Gasteiger charge is 2.15. The summed E-state index contributed by atoms with van der Waals surface area (Å²) in [5, 5.41) is 6.13. The standard InChI is InChI=1S/C5H9F.2C5H13N.2C4H11N.CH3F.5CH4/c6-4-5-2-1-3-5;1-4-5-6(2)3;1-4-6(3)5-2;1-3-4-5-2;1-3-5-4-2;1-2;;;;;/h5H,1-4H2;2*4-5H2,1-3H3;2*5H,3-4H2,1-2H3;1H3;5*1H4. The van der Waals surface area contributed by atoms with Gasteiger partial charge in [0, 0.05) is 0 Å². The van der Waals surface area contributed by atoms with Crippen LogP contribution in [0.2, 0.25) is 0 Å². The van der Waals surface area contributed by atoms with Crippen LogP contribution in [-0.4, -0.2) is 91.1 Å². The number of rotatable bonds is 9. The number of hydrogen-bond donors (Lipinski definition) is 2. The number of nitrogens with one attached hydrogen (secondary N) is 2. The average molecular weight is 523 g/mol. The van der Waals surface area contributed by atoms with Crippen LogP contribution in [0.25, 0.3) is 0 Å². The third-order valence-electron chi connectivity index (χ3n) is 4.19. The summed E-state index contributed by atoms with van der Waals surface area (Å²) in [7, 11) is 8.75. The third kappa shape index (κ3) is 96.8. The minimum Gasteiger partial charge on any atom is -0.320 e. The highest BCUT2D eigenvalue weighted by Crippen LogP contribution is 2.25. The van der Waals surface area contributed by atoms with E-state index in [0.29, 0.717) is 13.1 Å². The molecule has 1 saturated carbocycles. The molecule has 1 aliphatic carbocycles. The molecular weight excluding hydrogens is 442 g/mol. The van der Waals surface area contributed by atoms with E-state index in [9.17, 15) is 8.78 Å². The molecule has 0 unspecified atom stereocenters. The summed E-state index contributed by atoms with van der Waals surface area (Å²) in [5.74, 6) is 0.449. The summed E-state index contributed by atoms with van der Waals surface area (Å²) >= 11 is 0. The Kier molecular flexibility index (Phi) is 129. The molecule has 1 rings (SSSR count).